The highest BCUT2D eigenvalue weighted by molar-refractivity contribution is 7.15. The zero-order chi connectivity index (χ0) is 12.6. The van der Waals surface area contributed by atoms with Crippen molar-refractivity contribution in [2.45, 2.75) is 31.4 Å². The fraction of sp³-hybridized carbons (Fsp3) is 0.583. The molecule has 2 aromatic rings. The summed E-state index contributed by atoms with van der Waals surface area (Å²) in [5.74, 6) is 0.662. The average molecular weight is 267 g/mol. The van der Waals surface area contributed by atoms with Crippen LogP contribution in [0, 0.1) is 0 Å². The largest absolute Gasteiger partial charge is 0.480 e. The van der Waals surface area contributed by atoms with Gasteiger partial charge in [0.1, 0.15) is 5.69 Å². The van der Waals surface area contributed by atoms with E-state index in [0.717, 1.165) is 29.9 Å². The Morgan fingerprint density at radius 3 is 3.11 bits per heavy atom. The summed E-state index contributed by atoms with van der Waals surface area (Å²) in [6, 6.07) is 0. The molecule has 2 heterocycles. The number of hydrogen-bond donors (Lipinski definition) is 2. The van der Waals surface area contributed by atoms with Gasteiger partial charge in [-0.1, -0.05) is 0 Å². The van der Waals surface area contributed by atoms with Crippen molar-refractivity contribution < 1.29 is 9.84 Å². The fourth-order valence-corrected chi connectivity index (χ4v) is 3.04. The van der Waals surface area contributed by atoms with E-state index in [9.17, 15) is 5.11 Å². The van der Waals surface area contributed by atoms with Crippen LogP contribution in [-0.2, 0) is 6.54 Å². The van der Waals surface area contributed by atoms with Crippen LogP contribution in [0.25, 0.3) is 4.96 Å². The van der Waals surface area contributed by atoms with Gasteiger partial charge in [0.05, 0.1) is 12.7 Å². The van der Waals surface area contributed by atoms with Gasteiger partial charge < -0.3 is 15.2 Å². The maximum absolute atomic E-state index is 10.0. The number of imidazole rings is 1. The third-order valence-corrected chi connectivity index (χ3v) is 4.31. The van der Waals surface area contributed by atoms with Gasteiger partial charge in [-0.05, 0) is 19.3 Å². The SMILES string of the molecule is COc1nc2sccn2c1CNCC1(O)CCC1. The molecule has 0 saturated heterocycles. The molecule has 2 N–H and O–H groups in total. The molecule has 98 valence electrons. The van der Waals surface area contributed by atoms with Crippen molar-refractivity contribution in [2.75, 3.05) is 13.7 Å². The smallest absolute Gasteiger partial charge is 0.237 e. The highest BCUT2D eigenvalue weighted by Gasteiger charge is 2.33. The lowest BCUT2D eigenvalue weighted by Gasteiger charge is -2.36. The number of rotatable bonds is 5. The molecule has 0 amide bonds. The molecule has 5 nitrogen and oxygen atoms in total. The third kappa shape index (κ3) is 2.00. The van der Waals surface area contributed by atoms with Crippen LogP contribution in [0.1, 0.15) is 25.0 Å². The zero-order valence-corrected chi connectivity index (χ0v) is 11.2. The standard InChI is InChI=1S/C12H17N3O2S/c1-17-10-9(15-5-6-18-11(15)14-10)7-13-8-12(16)3-2-4-12/h5-6,13,16H,2-4,7-8H2,1H3. The summed E-state index contributed by atoms with van der Waals surface area (Å²) < 4.78 is 7.31. The Bertz CT molecular complexity index is 545. The number of methoxy groups -OCH3 is 1. The second-order valence-electron chi connectivity index (χ2n) is 4.80. The zero-order valence-electron chi connectivity index (χ0n) is 10.3. The van der Waals surface area contributed by atoms with Gasteiger partial charge in [0.15, 0.2) is 4.96 Å². The summed E-state index contributed by atoms with van der Waals surface area (Å²) in [5, 5.41) is 15.3. The molecular formula is C12H17N3O2S. The molecule has 0 atom stereocenters. The summed E-state index contributed by atoms with van der Waals surface area (Å²) in [4.78, 5) is 5.33. The summed E-state index contributed by atoms with van der Waals surface area (Å²) >= 11 is 1.59. The van der Waals surface area contributed by atoms with Crippen molar-refractivity contribution in [3.8, 4) is 5.88 Å². The molecule has 0 radical (unpaired) electrons. The van der Waals surface area contributed by atoms with Crippen molar-refractivity contribution in [1.82, 2.24) is 14.7 Å². The highest BCUT2D eigenvalue weighted by Crippen LogP contribution is 2.31. The van der Waals surface area contributed by atoms with Crippen LogP contribution in [-0.4, -0.2) is 33.7 Å². The van der Waals surface area contributed by atoms with Crippen LogP contribution in [0.5, 0.6) is 5.88 Å². The van der Waals surface area contributed by atoms with E-state index in [1.165, 1.54) is 0 Å². The first-order valence-corrected chi connectivity index (χ1v) is 7.01. The van der Waals surface area contributed by atoms with E-state index in [2.05, 4.69) is 10.3 Å². The Labute approximate surface area is 109 Å². The summed E-state index contributed by atoms with van der Waals surface area (Å²) in [6.45, 7) is 1.29. The Kier molecular flexibility index (Phi) is 3.01. The van der Waals surface area contributed by atoms with Crippen molar-refractivity contribution in [1.29, 1.82) is 0 Å². The first kappa shape index (κ1) is 12.0. The van der Waals surface area contributed by atoms with Crippen molar-refractivity contribution in [2.24, 2.45) is 0 Å². The second kappa shape index (κ2) is 4.53. The first-order chi connectivity index (χ1) is 8.72. The van der Waals surface area contributed by atoms with Crippen LogP contribution < -0.4 is 10.1 Å². The number of nitrogens with zero attached hydrogens (tertiary/aromatic N) is 2. The minimum Gasteiger partial charge on any atom is -0.480 e. The second-order valence-corrected chi connectivity index (χ2v) is 5.68. The molecule has 2 aromatic heterocycles. The predicted molar refractivity (Wildman–Crippen MR) is 70.1 cm³/mol. The number of fused-ring (bicyclic) bond motifs is 1. The topological polar surface area (TPSA) is 58.8 Å². The van der Waals surface area contributed by atoms with Gasteiger partial charge in [-0.2, -0.15) is 4.98 Å². The van der Waals surface area contributed by atoms with Crippen LogP contribution >= 0.6 is 11.3 Å². The van der Waals surface area contributed by atoms with Gasteiger partial charge in [0.25, 0.3) is 0 Å². The van der Waals surface area contributed by atoms with E-state index < -0.39 is 5.60 Å². The maximum Gasteiger partial charge on any atom is 0.237 e. The molecule has 0 spiro atoms. The quantitative estimate of drug-likeness (QED) is 0.860. The lowest BCUT2D eigenvalue weighted by atomic mass is 9.80. The number of hydrogen-bond acceptors (Lipinski definition) is 5. The van der Waals surface area contributed by atoms with E-state index in [4.69, 9.17) is 4.74 Å². The van der Waals surface area contributed by atoms with E-state index in [0.29, 0.717) is 19.0 Å². The molecular weight excluding hydrogens is 250 g/mol. The summed E-state index contributed by atoms with van der Waals surface area (Å²) in [6.07, 6.45) is 4.92. The predicted octanol–water partition coefficient (Wildman–Crippen LogP) is 1.41. The minimum atomic E-state index is -0.494. The van der Waals surface area contributed by atoms with Gasteiger partial charge >= 0.3 is 0 Å². The molecule has 18 heavy (non-hydrogen) atoms. The molecule has 0 unspecified atom stereocenters. The fourth-order valence-electron chi connectivity index (χ4n) is 2.31. The Morgan fingerprint density at radius 2 is 2.44 bits per heavy atom. The monoisotopic (exact) mass is 267 g/mol. The van der Waals surface area contributed by atoms with Crippen LogP contribution in [0.4, 0.5) is 0 Å². The van der Waals surface area contributed by atoms with Crippen molar-refractivity contribution >= 4 is 16.3 Å². The molecule has 6 heteroatoms. The number of thiazole rings is 1. The first-order valence-electron chi connectivity index (χ1n) is 6.13. The van der Waals surface area contributed by atoms with E-state index in [-0.39, 0.29) is 0 Å². The molecule has 1 saturated carbocycles. The van der Waals surface area contributed by atoms with Gasteiger partial charge in [-0.3, -0.25) is 4.40 Å². The lowest BCUT2D eigenvalue weighted by Crippen LogP contribution is -2.46. The maximum atomic E-state index is 10.0. The molecule has 1 fully saturated rings. The Hall–Kier alpha value is -1.11. The molecule has 0 bridgehead atoms. The molecule has 1 aliphatic rings. The van der Waals surface area contributed by atoms with E-state index >= 15 is 0 Å². The number of aliphatic hydroxyl groups is 1. The Morgan fingerprint density at radius 1 is 1.61 bits per heavy atom. The third-order valence-electron chi connectivity index (χ3n) is 3.55. The van der Waals surface area contributed by atoms with Crippen LogP contribution in [0.15, 0.2) is 11.6 Å². The van der Waals surface area contributed by atoms with E-state index in [1.54, 1.807) is 18.4 Å². The molecule has 1 aliphatic carbocycles. The van der Waals surface area contributed by atoms with E-state index in [1.807, 2.05) is 16.0 Å². The number of aromatic nitrogens is 2. The lowest BCUT2D eigenvalue weighted by molar-refractivity contribution is -0.0315. The van der Waals surface area contributed by atoms with Crippen molar-refractivity contribution in [3.63, 3.8) is 0 Å². The highest BCUT2D eigenvalue weighted by atomic mass is 32.1. The normalized spacial score (nSPS) is 17.9. The van der Waals surface area contributed by atoms with Gasteiger partial charge in [0.2, 0.25) is 5.88 Å². The van der Waals surface area contributed by atoms with Gasteiger partial charge in [-0.25, -0.2) is 0 Å². The number of nitrogens with one attached hydrogen (secondary N) is 1. The molecule has 0 aromatic carbocycles. The summed E-state index contributed by atoms with van der Waals surface area (Å²) in [7, 11) is 1.63. The Balaban J connectivity index is 1.70. The number of ether oxygens (including phenoxy) is 1. The van der Waals surface area contributed by atoms with Crippen LogP contribution in [0.2, 0.25) is 0 Å². The van der Waals surface area contributed by atoms with Gasteiger partial charge in [0, 0.05) is 24.7 Å². The summed E-state index contributed by atoms with van der Waals surface area (Å²) in [5.41, 5.74) is 0.516. The van der Waals surface area contributed by atoms with Gasteiger partial charge in [-0.15, -0.1) is 11.3 Å². The minimum absolute atomic E-state index is 0.494. The molecule has 0 aliphatic heterocycles. The van der Waals surface area contributed by atoms with Crippen LogP contribution in [0.3, 0.4) is 0 Å². The molecule has 3 rings (SSSR count). The van der Waals surface area contributed by atoms with Crippen molar-refractivity contribution in [3.05, 3.63) is 17.3 Å². The average Bonchev–Trinajstić information content (AvgIpc) is 2.88.